The van der Waals surface area contributed by atoms with E-state index >= 15 is 0 Å². The van der Waals surface area contributed by atoms with Gasteiger partial charge in [-0.1, -0.05) is 210 Å². The van der Waals surface area contributed by atoms with Crippen LogP contribution in [0.1, 0.15) is 23.1 Å². The molecule has 0 bridgehead atoms. The summed E-state index contributed by atoms with van der Waals surface area (Å²) < 4.78 is 11.7. The number of hydrogen-bond donors (Lipinski definition) is 0. The molecular formula is C65H46B2N6O2S2. The molecule has 0 atom stereocenters. The number of allylic oxidation sites excluding steroid dienone is 2. The highest BCUT2D eigenvalue weighted by Crippen LogP contribution is 2.50. The van der Waals surface area contributed by atoms with Crippen LogP contribution >= 0.6 is 23.5 Å². The number of ether oxygens (including phenoxy) is 2. The predicted octanol–water partition coefficient (Wildman–Crippen LogP) is 12.7. The average molecular weight is 1030 g/mol. The van der Waals surface area contributed by atoms with Gasteiger partial charge >= 0.3 is 6.85 Å². The van der Waals surface area contributed by atoms with Crippen molar-refractivity contribution in [3.05, 3.63) is 251 Å². The Balaban J connectivity index is 1.13. The van der Waals surface area contributed by atoms with E-state index in [4.69, 9.17) is 19.5 Å². The van der Waals surface area contributed by atoms with E-state index in [-0.39, 0.29) is 13.2 Å². The zero-order valence-electron chi connectivity index (χ0n) is 42.1. The zero-order chi connectivity index (χ0) is 51.8. The van der Waals surface area contributed by atoms with Crippen LogP contribution in [0.15, 0.2) is 254 Å². The van der Waals surface area contributed by atoms with E-state index < -0.39 is 6.85 Å². The average Bonchev–Trinajstić information content (AvgIpc) is 4.13. The summed E-state index contributed by atoms with van der Waals surface area (Å²) in [5, 5.41) is 29.8. The van der Waals surface area contributed by atoms with Gasteiger partial charge in [0.05, 0.1) is 17.1 Å². The topological polar surface area (TPSA) is 97.2 Å². The van der Waals surface area contributed by atoms with Gasteiger partial charge in [-0.3, -0.25) is 0 Å². The van der Waals surface area contributed by atoms with E-state index in [1.165, 1.54) is 23.5 Å². The number of thioether (sulfide) groups is 2. The smallest absolute Gasteiger partial charge is 0.327 e. The molecule has 0 amide bonds. The molecule has 4 aliphatic heterocycles. The van der Waals surface area contributed by atoms with Gasteiger partial charge in [-0.05, 0) is 71.6 Å². The molecule has 0 fully saturated rings. The van der Waals surface area contributed by atoms with Crippen LogP contribution in [-0.4, -0.2) is 47.3 Å². The van der Waals surface area contributed by atoms with Crippen molar-refractivity contribution in [2.24, 2.45) is 9.98 Å². The largest absolute Gasteiger partial charge is 0.454 e. The van der Waals surface area contributed by atoms with Gasteiger partial charge in [-0.25, -0.2) is 9.98 Å². The molecule has 0 saturated heterocycles. The summed E-state index contributed by atoms with van der Waals surface area (Å²) in [7, 11) is 0.467. The minimum atomic E-state index is -0.429. The summed E-state index contributed by atoms with van der Waals surface area (Å²) in [6.45, 7) is 2.42. The van der Waals surface area contributed by atoms with Gasteiger partial charge in [0.15, 0.2) is 11.5 Å². The molecule has 4 heterocycles. The van der Waals surface area contributed by atoms with Crippen LogP contribution in [0.4, 0.5) is 11.4 Å². The van der Waals surface area contributed by atoms with E-state index in [9.17, 15) is 10.5 Å². The Hall–Kier alpha value is -8.93. The number of fused-ring (bicyclic) bond motifs is 1. The maximum Gasteiger partial charge on any atom is 0.327 e. The Morgan fingerprint density at radius 3 is 1.86 bits per heavy atom. The molecule has 9 aromatic carbocycles. The van der Waals surface area contributed by atoms with Crippen molar-refractivity contribution in [1.82, 2.24) is 9.62 Å². The van der Waals surface area contributed by atoms with Crippen molar-refractivity contribution < 1.29 is 9.47 Å². The second kappa shape index (κ2) is 20.7. The molecule has 0 saturated carbocycles. The summed E-state index contributed by atoms with van der Waals surface area (Å²) in [6, 6.07) is 76.9. The zero-order valence-corrected chi connectivity index (χ0v) is 43.7. The van der Waals surface area contributed by atoms with Crippen LogP contribution in [0.25, 0.3) is 27.2 Å². The maximum atomic E-state index is 12.2. The predicted molar refractivity (Wildman–Crippen MR) is 318 cm³/mol. The van der Waals surface area contributed by atoms with E-state index in [0.717, 1.165) is 110 Å². The summed E-state index contributed by atoms with van der Waals surface area (Å²) in [5.41, 5.74) is 12.2. The molecule has 0 radical (unpaired) electrons. The van der Waals surface area contributed by atoms with Gasteiger partial charge in [0.25, 0.3) is 7.41 Å². The highest BCUT2D eigenvalue weighted by molar-refractivity contribution is 8.15. The lowest BCUT2D eigenvalue weighted by Gasteiger charge is -2.34. The molecule has 0 aliphatic carbocycles. The Kier molecular flexibility index (Phi) is 12.8. The second-order valence-corrected chi connectivity index (χ2v) is 21.4. The van der Waals surface area contributed by atoms with Crippen molar-refractivity contribution >= 4 is 103 Å². The summed E-state index contributed by atoms with van der Waals surface area (Å²) in [4.78, 5) is 17.7. The van der Waals surface area contributed by atoms with Crippen LogP contribution in [0, 0.1) is 29.6 Å². The van der Waals surface area contributed by atoms with Gasteiger partial charge in [0.1, 0.15) is 33.4 Å². The highest BCUT2D eigenvalue weighted by Gasteiger charge is 2.43. The van der Waals surface area contributed by atoms with E-state index in [2.05, 4.69) is 186 Å². The number of nitrogens with zero attached hydrogens (tertiary/aromatic N) is 6. The van der Waals surface area contributed by atoms with Gasteiger partial charge in [-0.2, -0.15) is 10.5 Å². The molecular weight excluding hydrogens is 983 g/mol. The minimum Gasteiger partial charge on any atom is -0.454 e. The van der Waals surface area contributed by atoms with Crippen LogP contribution in [-0.2, 0) is 6.42 Å². The molecule has 0 spiro atoms. The molecule has 9 aromatic rings. The van der Waals surface area contributed by atoms with Crippen LogP contribution < -0.4 is 25.9 Å². The number of hydrogen-bond acceptors (Lipinski definition) is 10. The number of rotatable bonds is 13. The van der Waals surface area contributed by atoms with Crippen molar-refractivity contribution in [2.75, 3.05) is 13.3 Å². The molecule has 0 N–H and O–H groups in total. The van der Waals surface area contributed by atoms with Crippen LogP contribution in [0.3, 0.4) is 0 Å². The van der Waals surface area contributed by atoms with Gasteiger partial charge < -0.3 is 19.1 Å². The summed E-state index contributed by atoms with van der Waals surface area (Å²) >= 11 is 3.08. The van der Waals surface area contributed by atoms with Crippen LogP contribution in [0.2, 0.25) is 0 Å². The first-order valence-electron chi connectivity index (χ1n) is 25.7. The van der Waals surface area contributed by atoms with Crippen LogP contribution in [0.5, 0.6) is 11.5 Å². The normalized spacial score (nSPS) is 15.1. The number of aryl methyl sites for hydroxylation is 1. The van der Waals surface area contributed by atoms with Crippen molar-refractivity contribution in [1.29, 1.82) is 10.5 Å². The molecule has 0 aromatic heterocycles. The number of benzene rings is 9. The fourth-order valence-electron chi connectivity index (χ4n) is 11.2. The van der Waals surface area contributed by atoms with Gasteiger partial charge in [-0.15, -0.1) is 0 Å². The second-order valence-electron chi connectivity index (χ2n) is 19.3. The third kappa shape index (κ3) is 8.96. The Labute approximate surface area is 457 Å². The molecule has 8 nitrogen and oxygen atoms in total. The van der Waals surface area contributed by atoms with Gasteiger partial charge in [0.2, 0.25) is 6.79 Å². The van der Waals surface area contributed by atoms with Gasteiger partial charge in [0, 0.05) is 56.1 Å². The molecule has 77 heavy (non-hydrogen) atoms. The van der Waals surface area contributed by atoms with Crippen molar-refractivity contribution in [2.45, 2.75) is 29.6 Å². The lowest BCUT2D eigenvalue weighted by atomic mass is 9.48. The molecule has 0 unspecified atom stereocenters. The maximum absolute atomic E-state index is 12.2. The minimum absolute atomic E-state index is 0.181. The highest BCUT2D eigenvalue weighted by atomic mass is 32.2. The first kappa shape index (κ1) is 47.8. The SMILES string of the molecule is Cc1ccccc1C1=C(/C(=C(\C#N)C2=Nc3cccc4cccc(c34)S2)N(Bc2ccccc2)CCc2ccc3c(c2)OCO3)C/C(=C(\C#N)C2=Nc3cccc4cccc(c34)S2)N1B(c1ccccc1)c1ccccc1. The molecule has 4 aliphatic rings. The quantitative estimate of drug-likeness (QED) is 0.0832. The number of aliphatic imine (C=N–C) groups is 2. The first-order valence-corrected chi connectivity index (χ1v) is 27.4. The van der Waals surface area contributed by atoms with Crippen molar-refractivity contribution in [3.63, 3.8) is 0 Å². The Morgan fingerprint density at radius 1 is 0.636 bits per heavy atom. The lowest BCUT2D eigenvalue weighted by molar-refractivity contribution is 0.174. The summed E-state index contributed by atoms with van der Waals surface area (Å²) in [6.07, 6.45) is 0.902. The monoisotopic (exact) mass is 1030 g/mol. The fourth-order valence-corrected chi connectivity index (χ4v) is 13.3. The molecule has 366 valence electrons. The van der Waals surface area contributed by atoms with E-state index in [1.54, 1.807) is 0 Å². The Bertz CT molecular complexity index is 4040. The fraction of sp³-hybridized carbons (Fsp3) is 0.0769. The number of nitriles is 2. The standard InChI is InChI=1S/C65H46B2N6O2S2/c1-42-17-11-12-28-49(42)63-50(38-55(73(63)67(47-24-7-3-8-25-47)48-26-9-4-10-27-48)51(39-68)64-70-53-29-13-18-44-20-15-31-58(76-64)60(44)53)62(52(40-69)65-71-54-30-14-19-45-21-16-32-59(77-65)61(45)54)72(66-46-22-5-2-6-23-46)36-35-43-33-34-56-57(37-43)75-41-74-56/h2-34,37,66H,35-36,38,41H2,1H3/b55-51-,62-52-. The third-order valence-electron chi connectivity index (χ3n) is 14.7. The molecule has 12 heteroatoms. The Morgan fingerprint density at radius 2 is 1.22 bits per heavy atom. The molecule has 13 rings (SSSR count). The van der Waals surface area contributed by atoms with E-state index in [0.29, 0.717) is 41.6 Å². The third-order valence-corrected chi connectivity index (χ3v) is 16.8. The first-order chi connectivity index (χ1) is 38.0. The van der Waals surface area contributed by atoms with E-state index in [1.807, 2.05) is 48.5 Å². The van der Waals surface area contributed by atoms with Crippen molar-refractivity contribution in [3.8, 4) is 23.6 Å². The summed E-state index contributed by atoms with van der Waals surface area (Å²) in [5.74, 6) is 1.44. The lowest BCUT2D eigenvalue weighted by Crippen LogP contribution is -2.54.